The van der Waals surface area contributed by atoms with E-state index in [0.717, 1.165) is 71.2 Å². The number of carbonyl (C=O) groups excluding carboxylic acids is 1. The van der Waals surface area contributed by atoms with E-state index in [4.69, 9.17) is 10.5 Å². The van der Waals surface area contributed by atoms with Gasteiger partial charge in [0.05, 0.1) is 5.56 Å². The molecule has 1 spiro atoms. The van der Waals surface area contributed by atoms with Gasteiger partial charge in [0, 0.05) is 69.4 Å². The Morgan fingerprint density at radius 2 is 1.72 bits per heavy atom. The number of piperidine rings is 3. The molecule has 1 aromatic carbocycles. The second kappa shape index (κ2) is 15.9. The minimum Gasteiger partial charge on any atom is -0.434 e. The molecule has 0 saturated carbocycles. The zero-order valence-electron chi connectivity index (χ0n) is 29.7. The van der Waals surface area contributed by atoms with Gasteiger partial charge in [0.15, 0.2) is 5.82 Å². The molecular formula is C34H53ClFN9O4S. The minimum atomic E-state index is -3.44. The number of aromatic nitrogens is 3. The van der Waals surface area contributed by atoms with Gasteiger partial charge < -0.3 is 25.2 Å². The number of rotatable bonds is 10. The summed E-state index contributed by atoms with van der Waals surface area (Å²) < 4.78 is 50.2. The van der Waals surface area contributed by atoms with E-state index in [1.807, 2.05) is 27.7 Å². The van der Waals surface area contributed by atoms with Crippen LogP contribution in [-0.2, 0) is 10.2 Å². The molecule has 0 radical (unpaired) electrons. The van der Waals surface area contributed by atoms with Crippen LogP contribution in [0.4, 0.5) is 10.2 Å². The summed E-state index contributed by atoms with van der Waals surface area (Å²) in [6.45, 7) is 14.5. The average Bonchev–Trinajstić information content (AvgIpc) is 3.05. The van der Waals surface area contributed by atoms with Gasteiger partial charge >= 0.3 is 0 Å². The van der Waals surface area contributed by atoms with Crippen molar-refractivity contribution in [3.8, 4) is 11.6 Å². The van der Waals surface area contributed by atoms with Crippen LogP contribution in [0.3, 0.4) is 0 Å². The maximum absolute atomic E-state index is 14.4. The molecule has 278 valence electrons. The van der Waals surface area contributed by atoms with Crippen molar-refractivity contribution < 1.29 is 22.3 Å². The maximum Gasteiger partial charge on any atom is 0.282 e. The van der Waals surface area contributed by atoms with Gasteiger partial charge in [0.2, 0.25) is 0 Å². The van der Waals surface area contributed by atoms with Crippen molar-refractivity contribution in [2.24, 2.45) is 17.1 Å². The van der Waals surface area contributed by atoms with Gasteiger partial charge in [-0.3, -0.25) is 4.79 Å². The summed E-state index contributed by atoms with van der Waals surface area (Å²) in [4.78, 5) is 24.4. The molecule has 1 amide bonds. The molecular weight excluding hydrogens is 685 g/mol. The number of anilines is 1. The van der Waals surface area contributed by atoms with Crippen LogP contribution in [0.1, 0.15) is 76.6 Å². The lowest BCUT2D eigenvalue weighted by molar-refractivity contribution is 0.0606. The molecule has 13 nitrogen and oxygen atoms in total. The van der Waals surface area contributed by atoms with Crippen molar-refractivity contribution in [1.82, 2.24) is 33.6 Å². The SMILES string of the molecule is CC(C)N(C(=O)c1cc(F)ccc1Oc1nncnc1N1CC2(CCN(CC3CCN(S(=O)(=O)N4CCC[C@@H](N)C4)CC3)CC2)C1)C(C)C.Cl. The fourth-order valence-electron chi connectivity index (χ4n) is 8.08. The number of hydrogen-bond acceptors (Lipinski definition) is 10. The molecule has 2 N–H and O–H groups in total. The fourth-order valence-corrected chi connectivity index (χ4v) is 9.82. The minimum absolute atomic E-state index is 0. The number of likely N-dealkylation sites (tertiary alicyclic amines) is 1. The van der Waals surface area contributed by atoms with Crippen LogP contribution in [0.15, 0.2) is 24.5 Å². The van der Waals surface area contributed by atoms with Gasteiger partial charge in [-0.2, -0.15) is 17.0 Å². The summed E-state index contributed by atoms with van der Waals surface area (Å²) in [6, 6.07) is 3.71. The first-order valence-electron chi connectivity index (χ1n) is 17.8. The number of nitrogens with zero attached hydrogens (tertiary/aromatic N) is 8. The van der Waals surface area contributed by atoms with E-state index in [1.54, 1.807) is 13.5 Å². The standard InChI is InChI=1S/C34H52FN9O4S.ClH/c1-24(2)44(25(3)4)33(45)29-18-27(35)7-8-30(29)48-32-31(37-23-38-39-32)41-21-34(22-41)11-16-40(17-12-34)19-26-9-14-42(15-10-26)49(46,47)43-13-5-6-28(36)20-43;/h7-8,18,23-26,28H,5-6,9-17,19-22,36H2,1-4H3;1H/t28-;/m1./s1. The summed E-state index contributed by atoms with van der Waals surface area (Å²) >= 11 is 0. The number of carbonyl (C=O) groups is 1. The number of ether oxygens (including phenoxy) is 1. The Morgan fingerprint density at radius 1 is 1.04 bits per heavy atom. The molecule has 50 heavy (non-hydrogen) atoms. The number of benzene rings is 1. The number of hydrogen-bond donors (Lipinski definition) is 1. The molecule has 4 aliphatic heterocycles. The zero-order chi connectivity index (χ0) is 34.9. The smallest absolute Gasteiger partial charge is 0.282 e. The molecule has 0 bridgehead atoms. The summed E-state index contributed by atoms with van der Waals surface area (Å²) in [5.74, 6) is 0.615. The lowest BCUT2D eigenvalue weighted by Crippen LogP contribution is -2.61. The van der Waals surface area contributed by atoms with Crippen LogP contribution in [0.25, 0.3) is 0 Å². The summed E-state index contributed by atoms with van der Waals surface area (Å²) in [6.07, 6.45) is 7.00. The third-order valence-electron chi connectivity index (χ3n) is 10.7. The van der Waals surface area contributed by atoms with Crippen molar-refractivity contribution in [3.63, 3.8) is 0 Å². The van der Waals surface area contributed by atoms with Gasteiger partial charge in [-0.05, 0) is 103 Å². The normalized spacial score (nSPS) is 22.4. The lowest BCUT2D eigenvalue weighted by Gasteiger charge is -2.54. The monoisotopic (exact) mass is 737 g/mol. The topological polar surface area (TPSA) is 141 Å². The number of nitrogens with two attached hydrogens (primary N) is 1. The van der Waals surface area contributed by atoms with Gasteiger partial charge in [-0.15, -0.1) is 22.6 Å². The van der Waals surface area contributed by atoms with Crippen molar-refractivity contribution in [2.75, 3.05) is 63.8 Å². The average molecular weight is 738 g/mol. The van der Waals surface area contributed by atoms with E-state index in [9.17, 15) is 17.6 Å². The number of halogens is 2. The van der Waals surface area contributed by atoms with E-state index in [2.05, 4.69) is 25.0 Å². The second-order valence-corrected chi connectivity index (χ2v) is 16.9. The van der Waals surface area contributed by atoms with E-state index in [1.165, 1.54) is 24.5 Å². The first kappa shape index (κ1) is 38.5. The van der Waals surface area contributed by atoms with E-state index >= 15 is 0 Å². The van der Waals surface area contributed by atoms with Crippen LogP contribution < -0.4 is 15.4 Å². The molecule has 4 saturated heterocycles. The van der Waals surface area contributed by atoms with Crippen LogP contribution in [0.2, 0.25) is 0 Å². The molecule has 5 heterocycles. The van der Waals surface area contributed by atoms with Crippen LogP contribution in [-0.4, -0.2) is 125 Å². The highest BCUT2D eigenvalue weighted by Crippen LogP contribution is 2.44. The molecule has 1 aromatic heterocycles. The predicted molar refractivity (Wildman–Crippen MR) is 192 cm³/mol. The van der Waals surface area contributed by atoms with Crippen LogP contribution in [0, 0.1) is 17.2 Å². The predicted octanol–water partition coefficient (Wildman–Crippen LogP) is 3.77. The van der Waals surface area contributed by atoms with E-state index in [0.29, 0.717) is 37.9 Å². The Labute approximate surface area is 302 Å². The van der Waals surface area contributed by atoms with Gasteiger partial charge in [0.1, 0.15) is 17.9 Å². The lowest BCUT2D eigenvalue weighted by atomic mass is 9.72. The number of amides is 1. The van der Waals surface area contributed by atoms with Crippen molar-refractivity contribution in [1.29, 1.82) is 0 Å². The summed E-state index contributed by atoms with van der Waals surface area (Å²) in [7, 11) is -3.44. The van der Waals surface area contributed by atoms with E-state index in [-0.39, 0.29) is 59.0 Å². The van der Waals surface area contributed by atoms with Gasteiger partial charge in [-0.1, -0.05) is 0 Å². The zero-order valence-corrected chi connectivity index (χ0v) is 31.3. The Morgan fingerprint density at radius 3 is 2.36 bits per heavy atom. The second-order valence-electron chi connectivity index (χ2n) is 15.0. The Balaban J connectivity index is 0.00000486. The van der Waals surface area contributed by atoms with Gasteiger partial charge in [0.25, 0.3) is 22.0 Å². The fraction of sp³-hybridized carbons (Fsp3) is 0.706. The first-order valence-corrected chi connectivity index (χ1v) is 19.2. The van der Waals surface area contributed by atoms with Gasteiger partial charge in [-0.25, -0.2) is 9.37 Å². The quantitative estimate of drug-likeness (QED) is 0.383. The molecule has 1 atom stereocenters. The highest BCUT2D eigenvalue weighted by Gasteiger charge is 2.47. The molecule has 4 aliphatic rings. The third-order valence-corrected chi connectivity index (χ3v) is 12.7. The maximum atomic E-state index is 14.4. The molecule has 4 fully saturated rings. The molecule has 6 rings (SSSR count). The van der Waals surface area contributed by atoms with Crippen LogP contribution in [0.5, 0.6) is 11.6 Å². The molecule has 16 heteroatoms. The Bertz CT molecular complexity index is 1570. The highest BCUT2D eigenvalue weighted by atomic mass is 35.5. The van der Waals surface area contributed by atoms with E-state index < -0.39 is 16.0 Å². The Hall–Kier alpha value is -2.69. The van der Waals surface area contributed by atoms with Crippen LogP contribution >= 0.6 is 12.4 Å². The molecule has 2 aromatic rings. The summed E-state index contributed by atoms with van der Waals surface area (Å²) in [5.41, 5.74) is 6.36. The van der Waals surface area contributed by atoms with Crippen molar-refractivity contribution in [2.45, 2.75) is 84.3 Å². The first-order chi connectivity index (χ1) is 23.3. The molecule has 0 unspecified atom stereocenters. The Kier molecular flexibility index (Phi) is 12.3. The highest BCUT2D eigenvalue weighted by molar-refractivity contribution is 7.86. The molecule has 0 aliphatic carbocycles. The van der Waals surface area contributed by atoms with Crippen molar-refractivity contribution in [3.05, 3.63) is 35.9 Å². The third kappa shape index (κ3) is 8.34. The summed E-state index contributed by atoms with van der Waals surface area (Å²) in [5, 5.41) is 8.17. The largest absolute Gasteiger partial charge is 0.434 e. The van der Waals surface area contributed by atoms with Crippen molar-refractivity contribution >= 4 is 34.3 Å².